The van der Waals surface area contributed by atoms with E-state index in [1.807, 2.05) is 7.05 Å². The maximum Gasteiger partial charge on any atom is 0.318 e. The Morgan fingerprint density at radius 1 is 1.19 bits per heavy atom. The minimum Gasteiger partial charge on any atom is -0.488 e. The fourth-order valence-electron chi connectivity index (χ4n) is 3.64. The fraction of sp³-hybridized carbons (Fsp3) is 0.480. The number of urea groups is 1. The van der Waals surface area contributed by atoms with Gasteiger partial charge < -0.3 is 19.9 Å². The summed E-state index contributed by atoms with van der Waals surface area (Å²) in [6, 6.07) is 7.85. The summed E-state index contributed by atoms with van der Waals surface area (Å²) in [5, 5.41) is 2.77. The van der Waals surface area contributed by atoms with Gasteiger partial charge in [-0.2, -0.15) is 0 Å². The third kappa shape index (κ3) is 6.92. The van der Waals surface area contributed by atoms with Crippen LogP contribution in [0.2, 0.25) is 0 Å². The zero-order valence-corrected chi connectivity index (χ0v) is 17.8. The van der Waals surface area contributed by atoms with Gasteiger partial charge in [-0.05, 0) is 77.3 Å². The molecule has 1 N–H and O–H groups in total. The topological polar surface area (TPSA) is 44.8 Å². The summed E-state index contributed by atoms with van der Waals surface area (Å²) in [7, 11) is 1.96. The molecule has 1 heterocycles. The highest BCUT2D eigenvalue weighted by Crippen LogP contribution is 2.21. The highest BCUT2D eigenvalue weighted by atomic mass is 19.1. The minimum atomic E-state index is -3.52. The molecule has 0 spiro atoms. The van der Waals surface area contributed by atoms with E-state index in [0.717, 1.165) is 25.2 Å². The lowest BCUT2D eigenvalue weighted by molar-refractivity contribution is 0.126. The monoisotopic (exact) mass is 454 g/mol. The average molecular weight is 455 g/mol. The third-order valence-electron chi connectivity index (χ3n) is 5.38. The first-order valence-corrected chi connectivity index (χ1v) is 10.3. The first-order chi connectivity index (χ1) is 18.9. The fourth-order valence-corrected chi connectivity index (χ4v) is 3.64. The standard InChI is InChI=1S/C25H33F2N3O2/c1-25(2,3)32-22-9-5-18(6-10-22)16-28-24(31)30(21-11-13-29(4)14-12-21)17-19-7-8-20(26)15-23(19)27/h5-10,15,21H,11-14,16-17H2,1-4H3,(H,28,31)/i1D3,2D3,3D3. The van der Waals surface area contributed by atoms with Crippen molar-refractivity contribution in [2.75, 3.05) is 20.1 Å². The van der Waals surface area contributed by atoms with Gasteiger partial charge >= 0.3 is 6.03 Å². The van der Waals surface area contributed by atoms with Gasteiger partial charge in [-0.1, -0.05) is 18.2 Å². The van der Waals surface area contributed by atoms with Crippen LogP contribution in [-0.4, -0.2) is 47.6 Å². The number of hydrogen-bond acceptors (Lipinski definition) is 3. The number of halogens is 2. The van der Waals surface area contributed by atoms with Crippen molar-refractivity contribution in [2.24, 2.45) is 0 Å². The SMILES string of the molecule is [2H]C([2H])([2H])C(Oc1ccc(CNC(=O)N(Cc2ccc(F)cc2F)C2CCN(C)CC2)cc1)(C([2H])([2H])[2H])C([2H])([2H])[2H]. The molecule has 1 saturated heterocycles. The van der Waals surface area contributed by atoms with Crippen LogP contribution in [0.25, 0.3) is 0 Å². The Kier molecular flexibility index (Phi) is 4.66. The third-order valence-corrected chi connectivity index (χ3v) is 5.38. The van der Waals surface area contributed by atoms with Crippen molar-refractivity contribution in [1.29, 1.82) is 0 Å². The van der Waals surface area contributed by atoms with Crippen LogP contribution < -0.4 is 10.1 Å². The van der Waals surface area contributed by atoms with Crippen molar-refractivity contribution < 1.29 is 30.6 Å². The Balaban J connectivity index is 1.76. The lowest BCUT2D eigenvalue weighted by Crippen LogP contribution is -2.49. The number of nitrogens with one attached hydrogen (secondary N) is 1. The number of piperidine rings is 1. The number of carbonyl (C=O) groups is 1. The van der Waals surface area contributed by atoms with Crippen molar-refractivity contribution in [1.82, 2.24) is 15.1 Å². The molecule has 2 aromatic rings. The van der Waals surface area contributed by atoms with Gasteiger partial charge in [0.1, 0.15) is 23.0 Å². The van der Waals surface area contributed by atoms with E-state index in [9.17, 15) is 13.6 Å². The molecule has 5 nitrogen and oxygen atoms in total. The van der Waals surface area contributed by atoms with E-state index >= 15 is 0 Å². The van der Waals surface area contributed by atoms with E-state index < -0.39 is 43.8 Å². The van der Waals surface area contributed by atoms with Crippen LogP contribution >= 0.6 is 0 Å². The van der Waals surface area contributed by atoms with Crippen LogP contribution in [0.4, 0.5) is 13.6 Å². The van der Waals surface area contributed by atoms with Gasteiger partial charge in [0.05, 0.1) is 6.54 Å². The van der Waals surface area contributed by atoms with Crippen molar-refractivity contribution in [3.63, 3.8) is 0 Å². The zero-order chi connectivity index (χ0) is 30.8. The summed E-state index contributed by atoms with van der Waals surface area (Å²) >= 11 is 0. The van der Waals surface area contributed by atoms with Crippen molar-refractivity contribution in [3.8, 4) is 5.75 Å². The number of likely N-dealkylation sites (tertiary alicyclic amines) is 1. The van der Waals surface area contributed by atoms with Gasteiger partial charge in [-0.15, -0.1) is 0 Å². The van der Waals surface area contributed by atoms with Gasteiger partial charge in [0.2, 0.25) is 0 Å². The average Bonchev–Trinajstić information content (AvgIpc) is 2.84. The predicted octanol–water partition coefficient (Wildman–Crippen LogP) is 4.95. The zero-order valence-electron chi connectivity index (χ0n) is 26.8. The molecule has 0 aromatic heterocycles. The number of benzene rings is 2. The molecule has 0 saturated carbocycles. The van der Waals surface area contributed by atoms with E-state index in [2.05, 4.69) is 10.2 Å². The van der Waals surface area contributed by atoms with E-state index in [-0.39, 0.29) is 30.4 Å². The van der Waals surface area contributed by atoms with Crippen LogP contribution in [-0.2, 0) is 13.1 Å². The summed E-state index contributed by atoms with van der Waals surface area (Å²) in [5.41, 5.74) is -2.78. The predicted molar refractivity (Wildman–Crippen MR) is 121 cm³/mol. The normalized spacial score (nSPS) is 20.8. The second-order valence-corrected chi connectivity index (χ2v) is 7.98. The number of ether oxygens (including phenoxy) is 1. The number of nitrogens with zero attached hydrogens (tertiary/aromatic N) is 2. The van der Waals surface area contributed by atoms with E-state index in [1.54, 1.807) is 0 Å². The molecule has 0 bridgehead atoms. The van der Waals surface area contributed by atoms with Crippen LogP contribution in [0.1, 0.15) is 56.9 Å². The highest BCUT2D eigenvalue weighted by Gasteiger charge is 2.28. The summed E-state index contributed by atoms with van der Waals surface area (Å²) in [6.07, 6.45) is 1.33. The number of rotatable bonds is 6. The van der Waals surface area contributed by atoms with E-state index in [1.165, 1.54) is 35.2 Å². The molecule has 0 atom stereocenters. The summed E-state index contributed by atoms with van der Waals surface area (Å²) in [6.45, 7) is -9.14. The van der Waals surface area contributed by atoms with E-state index in [4.69, 9.17) is 17.1 Å². The summed E-state index contributed by atoms with van der Waals surface area (Å²) < 4.78 is 102. The molecule has 1 aliphatic rings. The number of hydrogen-bond donors (Lipinski definition) is 1. The molecule has 1 fully saturated rings. The van der Waals surface area contributed by atoms with Crippen LogP contribution in [0.5, 0.6) is 5.75 Å². The quantitative estimate of drug-likeness (QED) is 0.672. The van der Waals surface area contributed by atoms with Crippen molar-refractivity contribution >= 4 is 6.03 Å². The molecule has 2 aromatic carbocycles. The Hall–Kier alpha value is -2.67. The first-order valence-electron chi connectivity index (χ1n) is 14.8. The summed E-state index contributed by atoms with van der Waals surface area (Å²) in [5.74, 6) is -1.76. The van der Waals surface area contributed by atoms with Crippen molar-refractivity contribution in [3.05, 3.63) is 65.2 Å². The maximum absolute atomic E-state index is 14.4. The number of amides is 2. The van der Waals surface area contributed by atoms with Crippen molar-refractivity contribution in [2.45, 2.75) is 58.1 Å². The van der Waals surface area contributed by atoms with Gasteiger partial charge in [0.25, 0.3) is 0 Å². The second-order valence-electron chi connectivity index (χ2n) is 7.98. The molecule has 32 heavy (non-hydrogen) atoms. The molecular formula is C25H33F2N3O2. The lowest BCUT2D eigenvalue weighted by atomic mass is 10.0. The smallest absolute Gasteiger partial charge is 0.318 e. The molecule has 0 unspecified atom stereocenters. The lowest BCUT2D eigenvalue weighted by Gasteiger charge is -2.37. The van der Waals surface area contributed by atoms with Crippen LogP contribution in [0.3, 0.4) is 0 Å². The van der Waals surface area contributed by atoms with Crippen LogP contribution in [0.15, 0.2) is 42.5 Å². The van der Waals surface area contributed by atoms with Gasteiger partial charge in [0, 0.05) is 36.6 Å². The second kappa shape index (κ2) is 10.3. The molecule has 7 heteroatoms. The van der Waals surface area contributed by atoms with E-state index in [0.29, 0.717) is 18.4 Å². The minimum absolute atomic E-state index is 0.00289. The summed E-state index contributed by atoms with van der Waals surface area (Å²) in [4.78, 5) is 16.9. The molecule has 0 aliphatic carbocycles. The first kappa shape index (κ1) is 14.5. The Morgan fingerprint density at radius 2 is 1.88 bits per heavy atom. The Morgan fingerprint density at radius 3 is 2.50 bits per heavy atom. The Labute approximate surface area is 202 Å². The number of carbonyl (C=O) groups excluding carboxylic acids is 1. The molecule has 1 aliphatic heterocycles. The Bertz CT molecular complexity index is 1160. The molecule has 2 amide bonds. The molecule has 174 valence electrons. The van der Waals surface area contributed by atoms with Gasteiger partial charge in [0.15, 0.2) is 0 Å². The highest BCUT2D eigenvalue weighted by molar-refractivity contribution is 5.74. The van der Waals surface area contributed by atoms with Crippen LogP contribution in [0, 0.1) is 11.6 Å². The molecular weight excluding hydrogens is 412 g/mol. The van der Waals surface area contributed by atoms with Gasteiger partial charge in [-0.3, -0.25) is 0 Å². The largest absolute Gasteiger partial charge is 0.488 e. The van der Waals surface area contributed by atoms with Gasteiger partial charge in [-0.25, -0.2) is 13.6 Å². The maximum atomic E-state index is 14.4. The molecule has 0 radical (unpaired) electrons. The molecule has 3 rings (SSSR count).